The van der Waals surface area contributed by atoms with E-state index in [0.29, 0.717) is 0 Å². The predicted octanol–water partition coefficient (Wildman–Crippen LogP) is 23.0. The topological polar surface area (TPSA) is 26.0 Å². The summed E-state index contributed by atoms with van der Waals surface area (Å²) < 4.78 is 0. The molecule has 0 aromatic heterocycles. The number of hydrogen-bond acceptors (Lipinski definition) is 1. The summed E-state index contributed by atoms with van der Waals surface area (Å²) in [6.07, 6.45) is 82.4. The second kappa shape index (κ2) is 55.3. The molecule has 0 aliphatic rings. The van der Waals surface area contributed by atoms with Gasteiger partial charge in [-0.3, -0.25) is 0 Å². The van der Waals surface area contributed by atoms with Crippen molar-refractivity contribution in [2.75, 3.05) is 0 Å². The fourth-order valence-corrected chi connectivity index (χ4v) is 10.5. The lowest BCUT2D eigenvalue weighted by atomic mass is 9.82. The molecule has 0 fully saturated rings. The highest BCUT2D eigenvalue weighted by Crippen LogP contribution is 2.28. The maximum absolute atomic E-state index is 7.31. The molecule has 0 radical (unpaired) electrons. The van der Waals surface area contributed by atoms with Crippen LogP contribution in [0.3, 0.4) is 0 Å². The van der Waals surface area contributed by atoms with Crippen LogP contribution in [0.2, 0.25) is 0 Å². The molecule has 0 saturated carbocycles. The van der Waals surface area contributed by atoms with Crippen LogP contribution in [0.15, 0.2) is 0 Å². The maximum Gasteiger partial charge on any atom is 0.0154 e. The standard InChI is InChI=1S/C61H125N/c1-4-7-10-13-16-19-22-25-28-31-34-37-40-43-46-49-52-55-58-61(62,59-56-53-50-47-44-41-38-35-32-29-26-23-20-17-14-11-8-5-2)60-57-54-51-48-45-42-39-36-33-30-27-24-21-18-15-12-9-6-3/h4-60,62H2,1-3H3. The van der Waals surface area contributed by atoms with Gasteiger partial charge in [0.25, 0.3) is 0 Å². The zero-order chi connectivity index (χ0) is 44.8. The Labute approximate surface area is 396 Å². The molecule has 0 aromatic carbocycles. The summed E-state index contributed by atoms with van der Waals surface area (Å²) >= 11 is 0. The Kier molecular flexibility index (Phi) is 55.3. The van der Waals surface area contributed by atoms with E-state index in [9.17, 15) is 0 Å². The van der Waals surface area contributed by atoms with Crippen LogP contribution in [0.4, 0.5) is 0 Å². The third-order valence-corrected chi connectivity index (χ3v) is 15.1. The quantitative estimate of drug-likeness (QED) is 0.0606. The minimum absolute atomic E-state index is 0.110. The molecule has 0 rings (SSSR count). The largest absolute Gasteiger partial charge is 0.325 e. The fraction of sp³-hybridized carbons (Fsp3) is 1.00. The van der Waals surface area contributed by atoms with Crippen LogP contribution in [0.5, 0.6) is 0 Å². The number of nitrogens with two attached hydrogens (primary N) is 1. The average molecular weight is 873 g/mol. The lowest BCUT2D eigenvalue weighted by molar-refractivity contribution is 0.302. The van der Waals surface area contributed by atoms with Crippen LogP contribution in [0.25, 0.3) is 0 Å². The van der Waals surface area contributed by atoms with Crippen molar-refractivity contribution in [3.8, 4) is 0 Å². The van der Waals surface area contributed by atoms with Gasteiger partial charge in [0, 0.05) is 5.54 Å². The number of unbranched alkanes of at least 4 members (excludes halogenated alkanes) is 51. The van der Waals surface area contributed by atoms with Gasteiger partial charge in [0.1, 0.15) is 0 Å². The molecular weight excluding hydrogens is 747 g/mol. The molecule has 0 heterocycles. The molecule has 0 aliphatic carbocycles. The van der Waals surface area contributed by atoms with E-state index in [1.165, 1.54) is 366 Å². The van der Waals surface area contributed by atoms with Crippen molar-refractivity contribution in [2.24, 2.45) is 5.73 Å². The highest BCUT2D eigenvalue weighted by molar-refractivity contribution is 4.84. The first kappa shape index (κ1) is 62.0. The lowest BCUT2D eigenvalue weighted by Crippen LogP contribution is -2.39. The Morgan fingerprint density at radius 2 is 0.258 bits per heavy atom. The molecule has 0 saturated heterocycles. The van der Waals surface area contributed by atoms with Gasteiger partial charge in [-0.25, -0.2) is 0 Å². The zero-order valence-corrected chi connectivity index (χ0v) is 44.4. The Morgan fingerprint density at radius 3 is 0.371 bits per heavy atom. The first-order valence-electron chi connectivity index (χ1n) is 30.5. The third-order valence-electron chi connectivity index (χ3n) is 15.1. The smallest absolute Gasteiger partial charge is 0.0154 e. The Balaban J connectivity index is 4.08. The van der Waals surface area contributed by atoms with Gasteiger partial charge in [0.2, 0.25) is 0 Å². The van der Waals surface area contributed by atoms with E-state index in [1.807, 2.05) is 0 Å². The molecule has 62 heavy (non-hydrogen) atoms. The molecule has 0 aromatic rings. The second-order valence-electron chi connectivity index (χ2n) is 21.6. The van der Waals surface area contributed by atoms with E-state index in [2.05, 4.69) is 20.8 Å². The summed E-state index contributed by atoms with van der Waals surface area (Å²) in [7, 11) is 0. The molecule has 0 spiro atoms. The average Bonchev–Trinajstić information content (AvgIpc) is 3.28. The van der Waals surface area contributed by atoms with Crippen LogP contribution in [0.1, 0.15) is 387 Å². The third kappa shape index (κ3) is 52.6. The molecule has 1 nitrogen and oxygen atoms in total. The molecular formula is C61H125N. The van der Waals surface area contributed by atoms with E-state index >= 15 is 0 Å². The minimum Gasteiger partial charge on any atom is -0.325 e. The Morgan fingerprint density at radius 1 is 0.161 bits per heavy atom. The Hall–Kier alpha value is -0.0400. The van der Waals surface area contributed by atoms with E-state index in [4.69, 9.17) is 5.73 Å². The van der Waals surface area contributed by atoms with Gasteiger partial charge in [0.05, 0.1) is 0 Å². The number of rotatable bonds is 57. The summed E-state index contributed by atoms with van der Waals surface area (Å²) in [6.45, 7) is 6.95. The summed E-state index contributed by atoms with van der Waals surface area (Å²) in [4.78, 5) is 0. The first-order valence-corrected chi connectivity index (χ1v) is 30.5. The van der Waals surface area contributed by atoms with Crippen molar-refractivity contribution in [1.29, 1.82) is 0 Å². The van der Waals surface area contributed by atoms with Crippen molar-refractivity contribution in [3.63, 3.8) is 0 Å². The van der Waals surface area contributed by atoms with Gasteiger partial charge in [-0.05, 0) is 19.3 Å². The van der Waals surface area contributed by atoms with E-state index in [-0.39, 0.29) is 5.54 Å². The summed E-state index contributed by atoms with van der Waals surface area (Å²) in [5, 5.41) is 0. The summed E-state index contributed by atoms with van der Waals surface area (Å²) in [5.74, 6) is 0. The summed E-state index contributed by atoms with van der Waals surface area (Å²) in [5.41, 5.74) is 7.42. The van der Waals surface area contributed by atoms with Gasteiger partial charge < -0.3 is 5.73 Å². The molecule has 0 unspecified atom stereocenters. The van der Waals surface area contributed by atoms with Crippen LogP contribution < -0.4 is 5.73 Å². The maximum atomic E-state index is 7.31. The summed E-state index contributed by atoms with van der Waals surface area (Å²) in [6, 6.07) is 0. The molecule has 0 amide bonds. The first-order chi connectivity index (χ1) is 30.7. The van der Waals surface area contributed by atoms with Crippen molar-refractivity contribution < 1.29 is 0 Å². The predicted molar refractivity (Wildman–Crippen MR) is 287 cm³/mol. The zero-order valence-electron chi connectivity index (χ0n) is 44.4. The molecule has 0 aliphatic heterocycles. The highest BCUT2D eigenvalue weighted by atomic mass is 14.7. The Bertz CT molecular complexity index is 661. The monoisotopic (exact) mass is 872 g/mol. The normalized spacial score (nSPS) is 12.0. The van der Waals surface area contributed by atoms with Gasteiger partial charge in [0.15, 0.2) is 0 Å². The van der Waals surface area contributed by atoms with Crippen LogP contribution in [-0.4, -0.2) is 5.54 Å². The van der Waals surface area contributed by atoms with Crippen molar-refractivity contribution in [3.05, 3.63) is 0 Å². The van der Waals surface area contributed by atoms with Gasteiger partial charge >= 0.3 is 0 Å². The molecule has 374 valence electrons. The minimum atomic E-state index is 0.110. The molecule has 1 heteroatoms. The lowest BCUT2D eigenvalue weighted by Gasteiger charge is -2.30. The van der Waals surface area contributed by atoms with Gasteiger partial charge in [-0.1, -0.05) is 367 Å². The van der Waals surface area contributed by atoms with Crippen LogP contribution in [0, 0.1) is 0 Å². The van der Waals surface area contributed by atoms with Crippen molar-refractivity contribution in [2.45, 2.75) is 392 Å². The molecule has 0 atom stereocenters. The second-order valence-corrected chi connectivity index (χ2v) is 21.6. The molecule has 2 N–H and O–H groups in total. The number of hydrogen-bond donors (Lipinski definition) is 1. The van der Waals surface area contributed by atoms with Crippen LogP contribution >= 0.6 is 0 Å². The SMILES string of the molecule is CCCCCCCCCCCCCCCCCCCCC(N)(CCCCCCCCCCCCCCCCCCCC)CCCCCCCCCCCCCCCCCCCC. The van der Waals surface area contributed by atoms with Crippen molar-refractivity contribution >= 4 is 0 Å². The van der Waals surface area contributed by atoms with E-state index in [1.54, 1.807) is 0 Å². The van der Waals surface area contributed by atoms with E-state index < -0.39 is 0 Å². The van der Waals surface area contributed by atoms with E-state index in [0.717, 1.165) is 0 Å². The highest BCUT2D eigenvalue weighted by Gasteiger charge is 2.23. The van der Waals surface area contributed by atoms with Crippen LogP contribution in [-0.2, 0) is 0 Å². The molecule has 0 bridgehead atoms. The van der Waals surface area contributed by atoms with Crippen molar-refractivity contribution in [1.82, 2.24) is 0 Å². The van der Waals surface area contributed by atoms with Gasteiger partial charge in [-0.15, -0.1) is 0 Å². The van der Waals surface area contributed by atoms with Gasteiger partial charge in [-0.2, -0.15) is 0 Å². The fourth-order valence-electron chi connectivity index (χ4n) is 10.5.